The number of carbonyl (C=O) groups excluding carboxylic acids is 1. The van der Waals surface area contributed by atoms with E-state index in [-0.39, 0.29) is 12.4 Å². The van der Waals surface area contributed by atoms with Crippen LogP contribution in [0.4, 0.5) is 0 Å². The van der Waals surface area contributed by atoms with Crippen LogP contribution in [0.1, 0.15) is 26.2 Å². The zero-order valence-corrected chi connectivity index (χ0v) is 6.47. The largest absolute Gasteiger partial charge is 0.396 e. The van der Waals surface area contributed by atoms with Crippen LogP contribution in [0.5, 0.6) is 0 Å². The summed E-state index contributed by atoms with van der Waals surface area (Å²) in [6, 6.07) is 0. The molecule has 1 atom stereocenters. The predicted molar refractivity (Wildman–Crippen MR) is 40.5 cm³/mol. The molecule has 0 bridgehead atoms. The first-order chi connectivity index (χ1) is 4.66. The first-order valence-corrected chi connectivity index (χ1v) is 3.62. The molecule has 0 spiro atoms. The number of ketones is 1. The Hall–Kier alpha value is -0.370. The van der Waals surface area contributed by atoms with Gasteiger partial charge in [-0.1, -0.05) is 13.8 Å². The molecular weight excluding hydrogens is 128 g/mol. The molecule has 10 heavy (non-hydrogen) atoms. The summed E-state index contributed by atoms with van der Waals surface area (Å²) in [7, 11) is 0. The fourth-order valence-corrected chi connectivity index (χ4v) is 0.657. The lowest BCUT2D eigenvalue weighted by Crippen LogP contribution is -2.02. The monoisotopic (exact) mass is 143 g/mol. The maximum atomic E-state index is 10.8. The van der Waals surface area contributed by atoms with Crippen molar-refractivity contribution in [3.05, 3.63) is 6.92 Å². The Kier molecular flexibility index (Phi) is 5.22. The highest BCUT2D eigenvalue weighted by molar-refractivity contribution is 5.78. The molecule has 0 rings (SSSR count). The average molecular weight is 143 g/mol. The van der Waals surface area contributed by atoms with Crippen molar-refractivity contribution in [3.8, 4) is 0 Å². The van der Waals surface area contributed by atoms with Crippen LogP contribution in [0.2, 0.25) is 0 Å². The van der Waals surface area contributed by atoms with Gasteiger partial charge < -0.3 is 5.11 Å². The van der Waals surface area contributed by atoms with Gasteiger partial charge in [0, 0.05) is 19.4 Å². The van der Waals surface area contributed by atoms with Gasteiger partial charge in [0.1, 0.15) is 5.78 Å². The Morgan fingerprint density at radius 1 is 1.60 bits per heavy atom. The second kappa shape index (κ2) is 5.42. The van der Waals surface area contributed by atoms with E-state index in [0.717, 1.165) is 6.42 Å². The molecule has 1 N–H and O–H groups in total. The number of carbonyl (C=O) groups is 1. The first-order valence-electron chi connectivity index (χ1n) is 3.62. The van der Waals surface area contributed by atoms with E-state index in [4.69, 9.17) is 5.11 Å². The fraction of sp³-hybridized carbons (Fsp3) is 0.750. The minimum atomic E-state index is -0.0235. The van der Waals surface area contributed by atoms with Gasteiger partial charge in [0.15, 0.2) is 0 Å². The summed E-state index contributed by atoms with van der Waals surface area (Å²) in [6.07, 6.45) is 1.69. The smallest absolute Gasteiger partial charge is 0.135 e. The standard InChI is InChI=1S/C8H15O2/c1-7(2)3-4-8(10)5-6-9/h7,9H,1,3-6H2,2H3. The van der Waals surface area contributed by atoms with Crippen LogP contribution in [0.25, 0.3) is 0 Å². The number of hydrogen-bond acceptors (Lipinski definition) is 2. The molecule has 0 aromatic heterocycles. The highest BCUT2D eigenvalue weighted by Gasteiger charge is 2.01. The molecule has 0 amide bonds. The SMILES string of the molecule is [CH2]C(C)CCC(=O)CCO. The van der Waals surface area contributed by atoms with Crippen LogP contribution >= 0.6 is 0 Å². The summed E-state index contributed by atoms with van der Waals surface area (Å²) in [5.41, 5.74) is 0. The van der Waals surface area contributed by atoms with E-state index in [9.17, 15) is 4.79 Å². The number of aliphatic hydroxyl groups excluding tert-OH is 1. The van der Waals surface area contributed by atoms with Crippen LogP contribution in [-0.2, 0) is 4.79 Å². The van der Waals surface area contributed by atoms with Gasteiger partial charge in [0.25, 0.3) is 0 Å². The van der Waals surface area contributed by atoms with Crippen LogP contribution in [-0.4, -0.2) is 17.5 Å². The summed E-state index contributed by atoms with van der Waals surface area (Å²) in [5, 5.41) is 8.37. The van der Waals surface area contributed by atoms with E-state index < -0.39 is 0 Å². The predicted octanol–water partition coefficient (Wildman–Crippen LogP) is 1.19. The van der Waals surface area contributed by atoms with Crippen LogP contribution in [0.15, 0.2) is 0 Å². The van der Waals surface area contributed by atoms with Crippen LogP contribution in [0, 0.1) is 12.8 Å². The highest BCUT2D eigenvalue weighted by Crippen LogP contribution is 2.04. The molecule has 0 aromatic carbocycles. The molecule has 0 heterocycles. The van der Waals surface area contributed by atoms with Crippen molar-refractivity contribution in [3.63, 3.8) is 0 Å². The van der Waals surface area contributed by atoms with Crippen molar-refractivity contribution in [2.75, 3.05) is 6.61 Å². The number of Topliss-reactive ketones (excluding diaryl/α,β-unsaturated/α-hetero) is 1. The van der Waals surface area contributed by atoms with Crippen molar-refractivity contribution < 1.29 is 9.90 Å². The molecule has 0 saturated carbocycles. The number of rotatable bonds is 5. The Bertz CT molecular complexity index is 97.4. The Morgan fingerprint density at radius 3 is 2.60 bits per heavy atom. The topological polar surface area (TPSA) is 37.3 Å². The quantitative estimate of drug-likeness (QED) is 0.627. The molecular formula is C8H15O2. The van der Waals surface area contributed by atoms with E-state index >= 15 is 0 Å². The van der Waals surface area contributed by atoms with E-state index in [0.29, 0.717) is 18.8 Å². The van der Waals surface area contributed by atoms with Crippen molar-refractivity contribution in [2.45, 2.75) is 26.2 Å². The normalized spacial score (nSPS) is 10.4. The Balaban J connectivity index is 3.22. The Morgan fingerprint density at radius 2 is 2.20 bits per heavy atom. The second-order valence-electron chi connectivity index (χ2n) is 2.66. The maximum Gasteiger partial charge on any atom is 0.135 e. The number of hydrogen-bond donors (Lipinski definition) is 1. The van der Waals surface area contributed by atoms with Gasteiger partial charge in [-0.3, -0.25) is 4.79 Å². The van der Waals surface area contributed by atoms with Gasteiger partial charge in [0.2, 0.25) is 0 Å². The van der Waals surface area contributed by atoms with E-state index in [1.807, 2.05) is 6.92 Å². The molecule has 0 aliphatic heterocycles. The third-order valence-electron chi connectivity index (χ3n) is 1.31. The van der Waals surface area contributed by atoms with Gasteiger partial charge in [-0.2, -0.15) is 0 Å². The van der Waals surface area contributed by atoms with Crippen molar-refractivity contribution in [1.29, 1.82) is 0 Å². The van der Waals surface area contributed by atoms with E-state index in [1.54, 1.807) is 0 Å². The lowest BCUT2D eigenvalue weighted by molar-refractivity contribution is -0.119. The summed E-state index contributed by atoms with van der Waals surface area (Å²) in [5.74, 6) is 0.473. The summed E-state index contributed by atoms with van der Waals surface area (Å²) in [4.78, 5) is 10.8. The van der Waals surface area contributed by atoms with Crippen molar-refractivity contribution >= 4 is 5.78 Å². The molecule has 1 radical (unpaired) electrons. The average Bonchev–Trinajstić information content (AvgIpc) is 1.85. The van der Waals surface area contributed by atoms with E-state index in [2.05, 4.69) is 6.92 Å². The molecule has 2 nitrogen and oxygen atoms in total. The lowest BCUT2D eigenvalue weighted by Gasteiger charge is -2.01. The fourth-order valence-electron chi connectivity index (χ4n) is 0.657. The molecule has 0 saturated heterocycles. The minimum absolute atomic E-state index is 0.0235. The van der Waals surface area contributed by atoms with Gasteiger partial charge in [-0.25, -0.2) is 0 Å². The molecule has 0 aliphatic rings. The molecule has 59 valence electrons. The van der Waals surface area contributed by atoms with Crippen LogP contribution in [0.3, 0.4) is 0 Å². The molecule has 0 fully saturated rings. The second-order valence-corrected chi connectivity index (χ2v) is 2.66. The third-order valence-corrected chi connectivity index (χ3v) is 1.31. The number of aliphatic hydroxyl groups is 1. The zero-order valence-electron chi connectivity index (χ0n) is 6.47. The molecule has 0 aromatic rings. The molecule has 2 heteroatoms. The zero-order chi connectivity index (χ0) is 7.98. The van der Waals surface area contributed by atoms with Gasteiger partial charge in [-0.05, 0) is 12.3 Å². The van der Waals surface area contributed by atoms with Gasteiger partial charge >= 0.3 is 0 Å². The maximum absolute atomic E-state index is 10.8. The minimum Gasteiger partial charge on any atom is -0.396 e. The van der Waals surface area contributed by atoms with Crippen molar-refractivity contribution in [2.24, 2.45) is 5.92 Å². The summed E-state index contributed by atoms with van der Waals surface area (Å²) >= 11 is 0. The summed E-state index contributed by atoms with van der Waals surface area (Å²) < 4.78 is 0. The lowest BCUT2D eigenvalue weighted by atomic mass is 10.0. The summed E-state index contributed by atoms with van der Waals surface area (Å²) in [6.45, 7) is 5.71. The van der Waals surface area contributed by atoms with E-state index in [1.165, 1.54) is 0 Å². The van der Waals surface area contributed by atoms with Gasteiger partial charge in [-0.15, -0.1) is 0 Å². The van der Waals surface area contributed by atoms with Gasteiger partial charge in [0.05, 0.1) is 0 Å². The molecule has 1 unspecified atom stereocenters. The highest BCUT2D eigenvalue weighted by atomic mass is 16.3. The first kappa shape index (κ1) is 9.63. The van der Waals surface area contributed by atoms with Crippen molar-refractivity contribution in [1.82, 2.24) is 0 Å². The Labute approximate surface area is 62.2 Å². The molecule has 0 aliphatic carbocycles. The third kappa shape index (κ3) is 5.76. The van der Waals surface area contributed by atoms with Crippen LogP contribution < -0.4 is 0 Å².